The van der Waals surface area contributed by atoms with Crippen LogP contribution >= 0.6 is 24.0 Å². The fourth-order valence-electron chi connectivity index (χ4n) is 1.77. The van der Waals surface area contributed by atoms with Gasteiger partial charge in [-0.15, -0.1) is 24.0 Å². The van der Waals surface area contributed by atoms with E-state index in [1.165, 1.54) is 0 Å². The molecule has 0 atom stereocenters. The molecule has 1 aromatic rings. The van der Waals surface area contributed by atoms with Gasteiger partial charge in [0.05, 0.1) is 12.7 Å². The number of aryl methyl sites for hydroxylation is 1. The van der Waals surface area contributed by atoms with E-state index in [0.29, 0.717) is 12.5 Å². The Morgan fingerprint density at radius 1 is 1.41 bits per heavy atom. The second-order valence-corrected chi connectivity index (χ2v) is 5.47. The average Bonchev–Trinajstić information content (AvgIpc) is 2.85. The van der Waals surface area contributed by atoms with Crippen molar-refractivity contribution < 1.29 is 4.74 Å². The van der Waals surface area contributed by atoms with Crippen molar-refractivity contribution in [2.24, 2.45) is 18.0 Å². The van der Waals surface area contributed by atoms with Gasteiger partial charge in [-0.2, -0.15) is 5.10 Å². The van der Waals surface area contributed by atoms with E-state index in [9.17, 15) is 0 Å². The van der Waals surface area contributed by atoms with Gasteiger partial charge in [-0.25, -0.2) is 4.99 Å². The number of rotatable bonds is 9. The summed E-state index contributed by atoms with van der Waals surface area (Å²) in [5.41, 5.74) is 1.11. The number of aliphatic imine (C=N–C) groups is 1. The van der Waals surface area contributed by atoms with Crippen LogP contribution in [0.2, 0.25) is 0 Å². The van der Waals surface area contributed by atoms with Crippen molar-refractivity contribution in [1.82, 2.24) is 20.4 Å². The fraction of sp³-hybridized carbons (Fsp3) is 0.733. The standard InChI is InChI=1S/C15H29N5O.HI/c1-5-16-15(17-7-6-8-21-12-13(2)3)18-9-14-10-19-20(4)11-14;/h10-11,13H,5-9,12H2,1-4H3,(H2,16,17,18);1H. The van der Waals surface area contributed by atoms with Crippen molar-refractivity contribution in [3.8, 4) is 0 Å². The minimum atomic E-state index is 0. The van der Waals surface area contributed by atoms with E-state index < -0.39 is 0 Å². The highest BCUT2D eigenvalue weighted by Gasteiger charge is 1.99. The molecule has 6 nitrogen and oxygen atoms in total. The Hall–Kier alpha value is -0.830. The summed E-state index contributed by atoms with van der Waals surface area (Å²) < 4.78 is 7.35. The zero-order chi connectivity index (χ0) is 15.5. The predicted molar refractivity (Wildman–Crippen MR) is 102 cm³/mol. The topological polar surface area (TPSA) is 63.5 Å². The van der Waals surface area contributed by atoms with Gasteiger partial charge in [0.15, 0.2) is 5.96 Å². The van der Waals surface area contributed by atoms with Crippen LogP contribution in [0.15, 0.2) is 17.4 Å². The van der Waals surface area contributed by atoms with Gasteiger partial charge >= 0.3 is 0 Å². The van der Waals surface area contributed by atoms with Crippen molar-refractivity contribution in [1.29, 1.82) is 0 Å². The first-order valence-electron chi connectivity index (χ1n) is 7.69. The molecule has 0 fully saturated rings. The SMILES string of the molecule is CCNC(=NCc1cnn(C)c1)NCCCOCC(C)C.I. The number of hydrogen-bond donors (Lipinski definition) is 2. The smallest absolute Gasteiger partial charge is 0.191 e. The Balaban J connectivity index is 0.00000441. The highest BCUT2D eigenvalue weighted by Crippen LogP contribution is 1.98. The molecule has 2 N–H and O–H groups in total. The van der Waals surface area contributed by atoms with Gasteiger partial charge in [0.1, 0.15) is 0 Å². The number of aromatic nitrogens is 2. The molecule has 1 rings (SSSR count). The molecule has 0 bridgehead atoms. The maximum absolute atomic E-state index is 5.56. The summed E-state index contributed by atoms with van der Waals surface area (Å²) in [5.74, 6) is 1.43. The van der Waals surface area contributed by atoms with Crippen molar-refractivity contribution in [2.45, 2.75) is 33.7 Å². The van der Waals surface area contributed by atoms with Crippen molar-refractivity contribution in [3.05, 3.63) is 18.0 Å². The van der Waals surface area contributed by atoms with Crippen molar-refractivity contribution in [2.75, 3.05) is 26.3 Å². The van der Waals surface area contributed by atoms with E-state index in [0.717, 1.165) is 44.2 Å². The lowest BCUT2D eigenvalue weighted by Gasteiger charge is -2.11. The van der Waals surface area contributed by atoms with Crippen LogP contribution in [0.1, 0.15) is 32.8 Å². The summed E-state index contributed by atoms with van der Waals surface area (Å²) in [6, 6.07) is 0. The summed E-state index contributed by atoms with van der Waals surface area (Å²) in [5, 5.41) is 10.7. The molecule has 0 aliphatic rings. The molecule has 1 aromatic heterocycles. The van der Waals surface area contributed by atoms with Gasteiger partial charge in [-0.1, -0.05) is 13.8 Å². The van der Waals surface area contributed by atoms with E-state index in [1.807, 2.05) is 19.4 Å². The third kappa shape index (κ3) is 9.99. The molecule has 0 spiro atoms. The van der Waals surface area contributed by atoms with E-state index in [2.05, 4.69) is 41.5 Å². The number of nitrogens with one attached hydrogen (secondary N) is 2. The van der Waals surface area contributed by atoms with Gasteiger partial charge in [-0.3, -0.25) is 4.68 Å². The van der Waals surface area contributed by atoms with Crippen LogP contribution in [0.4, 0.5) is 0 Å². The lowest BCUT2D eigenvalue weighted by atomic mass is 10.2. The molecule has 0 aliphatic carbocycles. The zero-order valence-corrected chi connectivity index (χ0v) is 16.5. The first-order chi connectivity index (χ1) is 10.1. The normalized spacial score (nSPS) is 11.4. The number of hydrogen-bond acceptors (Lipinski definition) is 3. The number of nitrogens with zero attached hydrogens (tertiary/aromatic N) is 3. The third-order valence-electron chi connectivity index (χ3n) is 2.73. The maximum Gasteiger partial charge on any atom is 0.191 e. The molecular weight excluding hydrogens is 393 g/mol. The molecule has 7 heteroatoms. The average molecular weight is 423 g/mol. The van der Waals surface area contributed by atoms with Gasteiger partial charge in [0, 0.05) is 45.1 Å². The largest absolute Gasteiger partial charge is 0.381 e. The second-order valence-electron chi connectivity index (χ2n) is 5.47. The number of guanidine groups is 1. The minimum absolute atomic E-state index is 0. The molecule has 22 heavy (non-hydrogen) atoms. The van der Waals surface area contributed by atoms with Gasteiger partial charge in [0.25, 0.3) is 0 Å². The Morgan fingerprint density at radius 3 is 2.77 bits per heavy atom. The summed E-state index contributed by atoms with van der Waals surface area (Å²) in [6.45, 7) is 10.3. The Bertz CT molecular complexity index is 420. The van der Waals surface area contributed by atoms with E-state index in [4.69, 9.17) is 4.74 Å². The van der Waals surface area contributed by atoms with Gasteiger partial charge < -0.3 is 15.4 Å². The minimum Gasteiger partial charge on any atom is -0.381 e. The molecule has 0 aromatic carbocycles. The molecule has 0 unspecified atom stereocenters. The molecule has 128 valence electrons. The first kappa shape index (κ1) is 21.2. The van der Waals surface area contributed by atoms with Gasteiger partial charge in [-0.05, 0) is 19.3 Å². The Morgan fingerprint density at radius 2 is 2.18 bits per heavy atom. The zero-order valence-electron chi connectivity index (χ0n) is 14.1. The molecule has 0 radical (unpaired) electrons. The summed E-state index contributed by atoms with van der Waals surface area (Å²) in [7, 11) is 1.91. The molecule has 0 amide bonds. The van der Waals surface area contributed by atoms with E-state index in [-0.39, 0.29) is 24.0 Å². The molecule has 1 heterocycles. The Kier molecular flexibility index (Phi) is 12.2. The molecular formula is C15H30IN5O. The second kappa shape index (κ2) is 12.7. The van der Waals surface area contributed by atoms with Crippen LogP contribution in [0, 0.1) is 5.92 Å². The van der Waals surface area contributed by atoms with Crippen LogP contribution < -0.4 is 10.6 Å². The maximum atomic E-state index is 5.56. The van der Waals surface area contributed by atoms with Crippen molar-refractivity contribution in [3.63, 3.8) is 0 Å². The fourth-order valence-corrected chi connectivity index (χ4v) is 1.77. The van der Waals surface area contributed by atoms with Crippen LogP contribution in [-0.2, 0) is 18.3 Å². The summed E-state index contributed by atoms with van der Waals surface area (Å²) >= 11 is 0. The highest BCUT2D eigenvalue weighted by molar-refractivity contribution is 14.0. The summed E-state index contributed by atoms with van der Waals surface area (Å²) in [4.78, 5) is 4.54. The lowest BCUT2D eigenvalue weighted by Crippen LogP contribution is -2.38. The highest BCUT2D eigenvalue weighted by atomic mass is 127. The van der Waals surface area contributed by atoms with Crippen LogP contribution in [0.5, 0.6) is 0 Å². The Labute approximate surface area is 151 Å². The predicted octanol–water partition coefficient (Wildman–Crippen LogP) is 2.16. The van der Waals surface area contributed by atoms with Crippen LogP contribution in [-0.4, -0.2) is 42.0 Å². The molecule has 0 saturated heterocycles. The number of ether oxygens (including phenoxy) is 1. The molecule has 0 aliphatic heterocycles. The molecule has 0 saturated carbocycles. The monoisotopic (exact) mass is 423 g/mol. The van der Waals surface area contributed by atoms with Gasteiger partial charge in [0.2, 0.25) is 0 Å². The first-order valence-corrected chi connectivity index (χ1v) is 7.69. The van der Waals surface area contributed by atoms with Crippen LogP contribution in [0.25, 0.3) is 0 Å². The summed E-state index contributed by atoms with van der Waals surface area (Å²) in [6.07, 6.45) is 4.80. The van der Waals surface area contributed by atoms with E-state index >= 15 is 0 Å². The number of halogens is 1. The lowest BCUT2D eigenvalue weighted by molar-refractivity contribution is 0.108. The quantitative estimate of drug-likeness (QED) is 0.277. The van der Waals surface area contributed by atoms with Crippen molar-refractivity contribution >= 4 is 29.9 Å². The van der Waals surface area contributed by atoms with E-state index in [1.54, 1.807) is 4.68 Å². The third-order valence-corrected chi connectivity index (χ3v) is 2.73. The van der Waals surface area contributed by atoms with Crippen LogP contribution in [0.3, 0.4) is 0 Å².